The highest BCUT2D eigenvalue weighted by atomic mass is 19.4. The van der Waals surface area contributed by atoms with Crippen molar-refractivity contribution < 1.29 is 26.3 Å². The fourth-order valence-electron chi connectivity index (χ4n) is 1.88. The lowest BCUT2D eigenvalue weighted by Gasteiger charge is -2.18. The minimum absolute atomic E-state index is 0.118. The van der Waals surface area contributed by atoms with Crippen molar-refractivity contribution in [2.45, 2.75) is 12.4 Å². The second-order valence-electron chi connectivity index (χ2n) is 4.38. The molecule has 8 heteroatoms. The van der Waals surface area contributed by atoms with Gasteiger partial charge in [0.05, 0.1) is 23.5 Å². The molecule has 0 bridgehead atoms. The summed E-state index contributed by atoms with van der Waals surface area (Å²) in [6, 6.07) is 1.54. The molecular weight excluding hydrogens is 286 g/mol. The normalized spacial score (nSPS) is 16.1. The summed E-state index contributed by atoms with van der Waals surface area (Å²) >= 11 is 0. The standard InChI is InChI=1S/C12H10F6N2/c1-20-6-19-5-10(20)7-2-8(11(13,14)15)4-9(3-7)12(16,17)18/h2-5,19H,6H2,1H3. The quantitative estimate of drug-likeness (QED) is 0.798. The van der Waals surface area contributed by atoms with Gasteiger partial charge in [0.1, 0.15) is 0 Å². The summed E-state index contributed by atoms with van der Waals surface area (Å²) in [4.78, 5) is 1.52. The molecule has 0 saturated carbocycles. The lowest BCUT2D eigenvalue weighted by atomic mass is 10.0. The highest BCUT2D eigenvalue weighted by molar-refractivity contribution is 5.66. The maximum Gasteiger partial charge on any atom is 0.416 e. The number of hydrogen-bond donors (Lipinski definition) is 1. The Morgan fingerprint density at radius 1 is 0.950 bits per heavy atom. The van der Waals surface area contributed by atoms with E-state index < -0.39 is 23.5 Å². The van der Waals surface area contributed by atoms with E-state index in [9.17, 15) is 26.3 Å². The van der Waals surface area contributed by atoms with Gasteiger partial charge in [-0.05, 0) is 18.2 Å². The molecule has 2 nitrogen and oxygen atoms in total. The molecule has 0 unspecified atom stereocenters. The molecule has 0 aromatic heterocycles. The van der Waals surface area contributed by atoms with E-state index in [0.717, 1.165) is 0 Å². The first-order valence-corrected chi connectivity index (χ1v) is 5.53. The van der Waals surface area contributed by atoms with Crippen molar-refractivity contribution in [2.24, 2.45) is 0 Å². The van der Waals surface area contributed by atoms with Gasteiger partial charge in [-0.15, -0.1) is 0 Å². The van der Waals surface area contributed by atoms with E-state index in [1.807, 2.05) is 0 Å². The van der Waals surface area contributed by atoms with Crippen molar-refractivity contribution in [2.75, 3.05) is 13.7 Å². The largest absolute Gasteiger partial charge is 0.416 e. The van der Waals surface area contributed by atoms with Gasteiger partial charge in [0.15, 0.2) is 0 Å². The molecule has 20 heavy (non-hydrogen) atoms. The Bertz CT molecular complexity index is 512. The van der Waals surface area contributed by atoms with Gasteiger partial charge in [-0.2, -0.15) is 26.3 Å². The summed E-state index contributed by atoms with van der Waals surface area (Å²) in [6.07, 6.45) is -8.28. The third-order valence-corrected chi connectivity index (χ3v) is 2.86. The van der Waals surface area contributed by atoms with Crippen LogP contribution in [0.5, 0.6) is 0 Å². The second-order valence-corrected chi connectivity index (χ2v) is 4.38. The van der Waals surface area contributed by atoms with Gasteiger partial charge in [0, 0.05) is 18.8 Å². The Hall–Kier alpha value is -1.86. The predicted octanol–water partition coefficient (Wildman–Crippen LogP) is 3.52. The van der Waals surface area contributed by atoms with Crippen molar-refractivity contribution in [3.8, 4) is 0 Å². The van der Waals surface area contributed by atoms with Crippen LogP contribution in [0.25, 0.3) is 5.70 Å². The van der Waals surface area contributed by atoms with E-state index in [1.54, 1.807) is 7.05 Å². The Kier molecular flexibility index (Phi) is 3.35. The predicted molar refractivity (Wildman–Crippen MR) is 60.2 cm³/mol. The van der Waals surface area contributed by atoms with Gasteiger partial charge in [-0.3, -0.25) is 0 Å². The fraction of sp³-hybridized carbons (Fsp3) is 0.333. The molecule has 1 heterocycles. The van der Waals surface area contributed by atoms with Crippen molar-refractivity contribution in [3.05, 3.63) is 41.1 Å². The van der Waals surface area contributed by atoms with Crippen LogP contribution in [-0.4, -0.2) is 18.6 Å². The van der Waals surface area contributed by atoms with Gasteiger partial charge in [0.25, 0.3) is 0 Å². The average molecular weight is 296 g/mol. The van der Waals surface area contributed by atoms with Crippen LogP contribution in [0.3, 0.4) is 0 Å². The zero-order valence-corrected chi connectivity index (χ0v) is 10.2. The SMILES string of the molecule is CN1CNC=C1c1cc(C(F)(F)F)cc(C(F)(F)F)c1. The second kappa shape index (κ2) is 4.60. The van der Waals surface area contributed by atoms with Crippen LogP contribution in [0.1, 0.15) is 16.7 Å². The van der Waals surface area contributed by atoms with Crippen molar-refractivity contribution in [1.82, 2.24) is 10.2 Å². The van der Waals surface area contributed by atoms with E-state index in [4.69, 9.17) is 0 Å². The molecule has 0 fully saturated rings. The Morgan fingerprint density at radius 2 is 1.45 bits per heavy atom. The zero-order chi connectivity index (χ0) is 15.1. The average Bonchev–Trinajstić information content (AvgIpc) is 2.72. The minimum Gasteiger partial charge on any atom is -0.372 e. The molecule has 0 amide bonds. The van der Waals surface area contributed by atoms with Crippen LogP contribution in [-0.2, 0) is 12.4 Å². The number of alkyl halides is 6. The van der Waals surface area contributed by atoms with E-state index in [-0.39, 0.29) is 17.3 Å². The molecule has 1 aliphatic rings. The van der Waals surface area contributed by atoms with Crippen LogP contribution in [0.15, 0.2) is 24.4 Å². The van der Waals surface area contributed by atoms with Crippen LogP contribution in [0.2, 0.25) is 0 Å². The molecule has 0 radical (unpaired) electrons. The molecule has 110 valence electrons. The highest BCUT2D eigenvalue weighted by Gasteiger charge is 2.37. The van der Waals surface area contributed by atoms with Crippen LogP contribution < -0.4 is 5.32 Å². The first kappa shape index (κ1) is 14.5. The number of nitrogens with zero attached hydrogens (tertiary/aromatic N) is 1. The van der Waals surface area contributed by atoms with Crippen LogP contribution >= 0.6 is 0 Å². The summed E-state index contributed by atoms with van der Waals surface area (Å²) in [5, 5.41) is 2.74. The van der Waals surface area contributed by atoms with E-state index in [1.165, 1.54) is 11.1 Å². The summed E-state index contributed by atoms with van der Waals surface area (Å²) in [5.41, 5.74) is -2.48. The smallest absolute Gasteiger partial charge is 0.372 e. The third-order valence-electron chi connectivity index (χ3n) is 2.86. The number of rotatable bonds is 1. The minimum atomic E-state index is -4.83. The van der Waals surface area contributed by atoms with Gasteiger partial charge >= 0.3 is 12.4 Å². The molecule has 0 spiro atoms. The molecule has 0 aliphatic carbocycles. The van der Waals surface area contributed by atoms with Gasteiger partial charge in [0.2, 0.25) is 0 Å². The van der Waals surface area contributed by atoms with Crippen molar-refractivity contribution in [1.29, 1.82) is 0 Å². The lowest BCUT2D eigenvalue weighted by molar-refractivity contribution is -0.143. The van der Waals surface area contributed by atoms with Crippen molar-refractivity contribution in [3.63, 3.8) is 0 Å². The van der Waals surface area contributed by atoms with E-state index in [2.05, 4.69) is 5.32 Å². The third kappa shape index (κ3) is 2.83. The molecule has 0 atom stereocenters. The Morgan fingerprint density at radius 3 is 1.80 bits per heavy atom. The van der Waals surface area contributed by atoms with Crippen LogP contribution in [0.4, 0.5) is 26.3 Å². The summed E-state index contributed by atoms with van der Waals surface area (Å²) in [5.74, 6) is 0. The zero-order valence-electron chi connectivity index (χ0n) is 10.2. The topological polar surface area (TPSA) is 15.3 Å². The number of nitrogens with one attached hydrogen (secondary N) is 1. The summed E-state index contributed by atoms with van der Waals surface area (Å²) in [6.45, 7) is 0.326. The van der Waals surface area contributed by atoms with Gasteiger partial charge < -0.3 is 10.2 Å². The molecule has 1 aromatic carbocycles. The maximum absolute atomic E-state index is 12.7. The monoisotopic (exact) mass is 296 g/mol. The molecule has 1 N–H and O–H groups in total. The molecule has 2 rings (SSSR count). The molecule has 0 saturated heterocycles. The molecular formula is C12H10F6N2. The molecule has 1 aliphatic heterocycles. The number of benzene rings is 1. The van der Waals surface area contributed by atoms with Gasteiger partial charge in [-0.25, -0.2) is 0 Å². The first-order valence-electron chi connectivity index (χ1n) is 5.53. The van der Waals surface area contributed by atoms with E-state index in [0.29, 0.717) is 18.8 Å². The molecule has 1 aromatic rings. The maximum atomic E-state index is 12.7. The fourth-order valence-corrected chi connectivity index (χ4v) is 1.88. The van der Waals surface area contributed by atoms with E-state index >= 15 is 0 Å². The van der Waals surface area contributed by atoms with Crippen molar-refractivity contribution >= 4 is 5.70 Å². The summed E-state index contributed by atoms with van der Waals surface area (Å²) in [7, 11) is 1.57. The Balaban J connectivity index is 2.58. The number of hydrogen-bond acceptors (Lipinski definition) is 2. The first-order chi connectivity index (χ1) is 9.09. The van der Waals surface area contributed by atoms with Gasteiger partial charge in [-0.1, -0.05) is 0 Å². The highest BCUT2D eigenvalue weighted by Crippen LogP contribution is 2.38. The Labute approximate surface area is 110 Å². The lowest BCUT2D eigenvalue weighted by Crippen LogP contribution is -2.18. The number of halogens is 6. The summed E-state index contributed by atoms with van der Waals surface area (Å²) < 4.78 is 76.2. The van der Waals surface area contributed by atoms with Crippen LogP contribution in [0, 0.1) is 0 Å².